The number of nitrogens with one attached hydrogen (secondary N) is 2. The molecule has 1 unspecified atom stereocenters. The highest BCUT2D eigenvalue weighted by atomic mass is 32.1. The Morgan fingerprint density at radius 2 is 2.29 bits per heavy atom. The van der Waals surface area contributed by atoms with Crippen molar-refractivity contribution in [3.05, 3.63) is 22.4 Å². The number of carbonyl (C=O) groups is 1. The van der Waals surface area contributed by atoms with E-state index in [-0.39, 0.29) is 24.1 Å². The number of amides is 2. The van der Waals surface area contributed by atoms with Crippen molar-refractivity contribution in [1.29, 1.82) is 0 Å². The van der Waals surface area contributed by atoms with Gasteiger partial charge in [-0.15, -0.1) is 11.3 Å². The van der Waals surface area contributed by atoms with Gasteiger partial charge in [-0.2, -0.15) is 0 Å². The molecule has 0 saturated heterocycles. The standard InChI is InChI=1S/C12H20N2O2S/c1-9(7-15)14-11(16)13-8-12(2,3)10-5-4-6-17-10/h4-6,9,15H,7-8H2,1-3H3,(H2,13,14,16). The SMILES string of the molecule is CC(CO)NC(=O)NCC(C)(C)c1cccs1. The summed E-state index contributed by atoms with van der Waals surface area (Å²) in [5.74, 6) is 0. The summed E-state index contributed by atoms with van der Waals surface area (Å²) < 4.78 is 0. The van der Waals surface area contributed by atoms with Crippen molar-refractivity contribution in [2.45, 2.75) is 32.2 Å². The van der Waals surface area contributed by atoms with Gasteiger partial charge in [-0.05, 0) is 18.4 Å². The minimum atomic E-state index is -0.240. The molecule has 4 nitrogen and oxygen atoms in total. The molecule has 0 radical (unpaired) electrons. The molecule has 0 aromatic carbocycles. The largest absolute Gasteiger partial charge is 0.394 e. The van der Waals surface area contributed by atoms with Crippen molar-refractivity contribution in [3.63, 3.8) is 0 Å². The number of carbonyl (C=O) groups excluding carboxylic acids is 1. The molecule has 96 valence electrons. The smallest absolute Gasteiger partial charge is 0.315 e. The molecule has 17 heavy (non-hydrogen) atoms. The van der Waals surface area contributed by atoms with Gasteiger partial charge in [-0.25, -0.2) is 4.79 Å². The molecule has 0 aliphatic carbocycles. The fourth-order valence-electron chi connectivity index (χ4n) is 1.37. The fourth-order valence-corrected chi connectivity index (χ4v) is 2.22. The average molecular weight is 256 g/mol. The molecule has 5 heteroatoms. The summed E-state index contributed by atoms with van der Waals surface area (Å²) in [6, 6.07) is 3.62. The Balaban J connectivity index is 2.42. The lowest BCUT2D eigenvalue weighted by atomic mass is 9.91. The first-order valence-corrected chi connectivity index (χ1v) is 6.53. The van der Waals surface area contributed by atoms with Crippen molar-refractivity contribution in [1.82, 2.24) is 10.6 Å². The Bertz CT molecular complexity index is 349. The number of thiophene rings is 1. The van der Waals surface area contributed by atoms with Crippen molar-refractivity contribution in [2.75, 3.05) is 13.2 Å². The van der Waals surface area contributed by atoms with Crippen LogP contribution in [-0.4, -0.2) is 30.3 Å². The maximum atomic E-state index is 11.5. The first-order chi connectivity index (χ1) is 7.95. The summed E-state index contributed by atoms with van der Waals surface area (Å²) in [7, 11) is 0. The van der Waals surface area contributed by atoms with Gasteiger partial charge in [0.15, 0.2) is 0 Å². The van der Waals surface area contributed by atoms with Crippen LogP contribution in [0, 0.1) is 0 Å². The van der Waals surface area contributed by atoms with Gasteiger partial charge < -0.3 is 15.7 Å². The lowest BCUT2D eigenvalue weighted by molar-refractivity contribution is 0.219. The van der Waals surface area contributed by atoms with E-state index in [9.17, 15) is 4.79 Å². The molecule has 0 aliphatic heterocycles. The van der Waals surface area contributed by atoms with Gasteiger partial charge >= 0.3 is 6.03 Å². The molecule has 1 aromatic rings. The van der Waals surface area contributed by atoms with Crippen molar-refractivity contribution >= 4 is 17.4 Å². The van der Waals surface area contributed by atoms with E-state index >= 15 is 0 Å². The maximum Gasteiger partial charge on any atom is 0.315 e. The number of hydrogen-bond donors (Lipinski definition) is 3. The van der Waals surface area contributed by atoms with Crippen LogP contribution in [0.1, 0.15) is 25.6 Å². The summed E-state index contributed by atoms with van der Waals surface area (Å²) in [6.45, 7) is 6.45. The lowest BCUT2D eigenvalue weighted by Gasteiger charge is -2.24. The predicted octanol–water partition coefficient (Wildman–Crippen LogP) is 1.71. The Kier molecular flexibility index (Phi) is 4.96. The van der Waals surface area contributed by atoms with Crippen LogP contribution in [0.2, 0.25) is 0 Å². The molecular formula is C12H20N2O2S. The number of rotatable bonds is 5. The molecular weight excluding hydrogens is 236 g/mol. The number of hydrogen-bond acceptors (Lipinski definition) is 3. The normalized spacial score (nSPS) is 13.2. The van der Waals surface area contributed by atoms with E-state index in [4.69, 9.17) is 5.11 Å². The van der Waals surface area contributed by atoms with Crippen LogP contribution in [0.3, 0.4) is 0 Å². The lowest BCUT2D eigenvalue weighted by Crippen LogP contribution is -2.46. The molecule has 1 atom stereocenters. The summed E-state index contributed by atoms with van der Waals surface area (Å²) >= 11 is 1.69. The predicted molar refractivity (Wildman–Crippen MR) is 70.4 cm³/mol. The van der Waals surface area contributed by atoms with E-state index in [1.54, 1.807) is 18.3 Å². The van der Waals surface area contributed by atoms with Crippen LogP contribution in [0.4, 0.5) is 4.79 Å². The zero-order chi connectivity index (χ0) is 12.9. The van der Waals surface area contributed by atoms with Gasteiger partial charge in [0.2, 0.25) is 0 Å². The second-order valence-electron chi connectivity index (χ2n) is 4.77. The Morgan fingerprint density at radius 1 is 1.59 bits per heavy atom. The van der Waals surface area contributed by atoms with E-state index in [1.807, 2.05) is 11.4 Å². The van der Waals surface area contributed by atoms with Crippen LogP contribution in [0.5, 0.6) is 0 Å². The quantitative estimate of drug-likeness (QED) is 0.751. The summed E-state index contributed by atoms with van der Waals surface area (Å²) in [5, 5.41) is 16.3. The van der Waals surface area contributed by atoms with E-state index in [0.29, 0.717) is 6.54 Å². The highest BCUT2D eigenvalue weighted by molar-refractivity contribution is 7.10. The molecule has 1 rings (SSSR count). The second kappa shape index (κ2) is 6.02. The Hall–Kier alpha value is -1.07. The molecule has 0 saturated carbocycles. The third-order valence-corrected chi connectivity index (χ3v) is 3.77. The minimum absolute atomic E-state index is 0.0538. The maximum absolute atomic E-state index is 11.5. The van der Waals surface area contributed by atoms with Crippen LogP contribution in [0.25, 0.3) is 0 Å². The van der Waals surface area contributed by atoms with Crippen molar-refractivity contribution in [3.8, 4) is 0 Å². The monoisotopic (exact) mass is 256 g/mol. The molecule has 0 fully saturated rings. The summed E-state index contributed by atoms with van der Waals surface area (Å²) in [6.07, 6.45) is 0. The molecule has 0 spiro atoms. The fraction of sp³-hybridized carbons (Fsp3) is 0.583. The highest BCUT2D eigenvalue weighted by Gasteiger charge is 2.22. The third-order valence-electron chi connectivity index (χ3n) is 2.53. The van der Waals surface area contributed by atoms with Gasteiger partial charge in [0.25, 0.3) is 0 Å². The number of urea groups is 1. The first-order valence-electron chi connectivity index (χ1n) is 5.65. The van der Waals surface area contributed by atoms with Gasteiger partial charge in [-0.1, -0.05) is 19.9 Å². The zero-order valence-corrected chi connectivity index (χ0v) is 11.3. The number of aliphatic hydroxyl groups is 1. The first kappa shape index (κ1) is 14.0. The second-order valence-corrected chi connectivity index (χ2v) is 5.72. The van der Waals surface area contributed by atoms with E-state index in [1.165, 1.54) is 4.88 Å². The molecule has 0 aliphatic rings. The van der Waals surface area contributed by atoms with Crippen LogP contribution < -0.4 is 10.6 Å². The van der Waals surface area contributed by atoms with Crippen molar-refractivity contribution in [2.24, 2.45) is 0 Å². The topological polar surface area (TPSA) is 61.4 Å². The summed E-state index contributed by atoms with van der Waals surface area (Å²) in [5.41, 5.74) is -0.0754. The Morgan fingerprint density at radius 3 is 2.82 bits per heavy atom. The van der Waals surface area contributed by atoms with Crippen molar-refractivity contribution < 1.29 is 9.90 Å². The van der Waals surface area contributed by atoms with Crippen LogP contribution in [-0.2, 0) is 5.41 Å². The van der Waals surface area contributed by atoms with E-state index in [2.05, 4.69) is 30.5 Å². The molecule has 0 bridgehead atoms. The van der Waals surface area contributed by atoms with Gasteiger partial charge in [0.1, 0.15) is 0 Å². The average Bonchev–Trinajstić information content (AvgIpc) is 2.80. The molecule has 2 amide bonds. The van der Waals surface area contributed by atoms with Crippen LogP contribution >= 0.6 is 11.3 Å². The summed E-state index contributed by atoms with van der Waals surface area (Å²) in [4.78, 5) is 12.7. The minimum Gasteiger partial charge on any atom is -0.394 e. The van der Waals surface area contributed by atoms with Gasteiger partial charge in [0.05, 0.1) is 12.6 Å². The molecule has 1 aromatic heterocycles. The van der Waals surface area contributed by atoms with E-state index in [0.717, 1.165) is 0 Å². The molecule has 1 heterocycles. The van der Waals surface area contributed by atoms with Crippen LogP contribution in [0.15, 0.2) is 17.5 Å². The highest BCUT2D eigenvalue weighted by Crippen LogP contribution is 2.26. The zero-order valence-electron chi connectivity index (χ0n) is 10.5. The number of aliphatic hydroxyl groups excluding tert-OH is 1. The van der Waals surface area contributed by atoms with E-state index < -0.39 is 0 Å². The molecule has 3 N–H and O–H groups in total. The van der Waals surface area contributed by atoms with Gasteiger partial charge in [0, 0.05) is 16.8 Å². The Labute approximate surface area is 106 Å². The third kappa shape index (κ3) is 4.36. The van der Waals surface area contributed by atoms with Gasteiger partial charge in [-0.3, -0.25) is 0 Å².